The van der Waals surface area contributed by atoms with E-state index in [0.717, 1.165) is 18.4 Å². The quantitative estimate of drug-likeness (QED) is 0.525. The Bertz CT molecular complexity index is 1040. The van der Waals surface area contributed by atoms with Gasteiger partial charge in [0.25, 0.3) is 0 Å². The van der Waals surface area contributed by atoms with Crippen molar-refractivity contribution in [1.29, 1.82) is 0 Å². The molecular weight excluding hydrogens is 408 g/mol. The first-order valence-electron chi connectivity index (χ1n) is 11.8. The summed E-state index contributed by atoms with van der Waals surface area (Å²) in [6, 6.07) is 1.85. The molecule has 6 nitrogen and oxygen atoms in total. The number of ketones is 1. The van der Waals surface area contributed by atoms with Crippen LogP contribution in [0.4, 0.5) is 0 Å². The molecule has 0 radical (unpaired) electrons. The van der Waals surface area contributed by atoms with E-state index in [0.29, 0.717) is 6.42 Å². The number of aliphatic hydroxyl groups is 1. The van der Waals surface area contributed by atoms with E-state index in [9.17, 15) is 14.7 Å². The van der Waals surface area contributed by atoms with Crippen molar-refractivity contribution < 1.29 is 28.6 Å². The molecule has 3 aliphatic carbocycles. The Morgan fingerprint density at radius 2 is 1.81 bits per heavy atom. The van der Waals surface area contributed by atoms with E-state index in [-0.39, 0.29) is 29.0 Å². The normalized spacial score (nSPS) is 52.9. The second-order valence-corrected chi connectivity index (χ2v) is 12.0. The Hall–Kier alpha value is -1.92. The van der Waals surface area contributed by atoms with Gasteiger partial charge in [0.1, 0.15) is 11.7 Å². The molecule has 3 heterocycles. The number of carbonyl (C=O) groups is 2. The molecule has 172 valence electrons. The smallest absolute Gasteiger partial charge is 0.339 e. The number of furan rings is 1. The van der Waals surface area contributed by atoms with Crippen LogP contribution in [0, 0.1) is 33.5 Å². The predicted molar refractivity (Wildman–Crippen MR) is 114 cm³/mol. The first kappa shape index (κ1) is 20.7. The zero-order chi connectivity index (χ0) is 22.9. The van der Waals surface area contributed by atoms with Crippen LogP contribution in [0.1, 0.15) is 65.5 Å². The third-order valence-electron chi connectivity index (χ3n) is 10.6. The molecule has 4 fully saturated rings. The largest absolute Gasteiger partial charge is 0.472 e. The predicted octanol–water partition coefficient (Wildman–Crippen LogP) is 3.99. The van der Waals surface area contributed by atoms with Crippen molar-refractivity contribution >= 4 is 11.8 Å². The average Bonchev–Trinajstić information content (AvgIpc) is 3.30. The van der Waals surface area contributed by atoms with Crippen molar-refractivity contribution in [2.24, 2.45) is 33.5 Å². The molecule has 2 saturated heterocycles. The summed E-state index contributed by atoms with van der Waals surface area (Å²) >= 11 is 0. The number of ether oxygens (including phenoxy) is 2. The van der Waals surface area contributed by atoms with Crippen molar-refractivity contribution in [1.82, 2.24) is 0 Å². The maximum absolute atomic E-state index is 13.0. The molecular formula is C26H32O6. The molecule has 1 aromatic heterocycles. The number of fused-ring (bicyclic) bond motifs is 3. The van der Waals surface area contributed by atoms with Gasteiger partial charge in [-0.15, -0.1) is 0 Å². The summed E-state index contributed by atoms with van der Waals surface area (Å²) in [5.74, 6) is -0.138. The number of hydrogen-bond donors (Lipinski definition) is 1. The van der Waals surface area contributed by atoms with Crippen molar-refractivity contribution in [3.63, 3.8) is 0 Å². The van der Waals surface area contributed by atoms with Gasteiger partial charge in [0.15, 0.2) is 11.9 Å². The van der Waals surface area contributed by atoms with Gasteiger partial charge in [-0.3, -0.25) is 4.79 Å². The molecule has 0 bridgehead atoms. The van der Waals surface area contributed by atoms with Gasteiger partial charge in [0, 0.05) is 21.8 Å². The van der Waals surface area contributed by atoms with Crippen LogP contribution in [0.15, 0.2) is 35.2 Å². The van der Waals surface area contributed by atoms with Gasteiger partial charge in [-0.05, 0) is 48.7 Å². The van der Waals surface area contributed by atoms with Crippen molar-refractivity contribution in [2.75, 3.05) is 0 Å². The van der Waals surface area contributed by atoms with Gasteiger partial charge >= 0.3 is 5.97 Å². The molecule has 9 atom stereocenters. The van der Waals surface area contributed by atoms with Crippen molar-refractivity contribution in [3.05, 3.63) is 36.3 Å². The second kappa shape index (κ2) is 5.76. The number of carbonyl (C=O) groups excluding carboxylic acids is 2. The summed E-state index contributed by atoms with van der Waals surface area (Å²) in [4.78, 5) is 25.8. The maximum atomic E-state index is 13.0. The van der Waals surface area contributed by atoms with E-state index in [4.69, 9.17) is 13.9 Å². The lowest BCUT2D eigenvalue weighted by Gasteiger charge is -2.68. The molecule has 1 aromatic rings. The lowest BCUT2D eigenvalue weighted by atomic mass is 9.36. The molecule has 0 amide bonds. The lowest BCUT2D eigenvalue weighted by molar-refractivity contribution is -0.246. The molecule has 2 saturated carbocycles. The minimum Gasteiger partial charge on any atom is -0.472 e. The SMILES string of the molecule is CC1(C)C(=O)C=C[C@@]2(C)C1CC(O)[C@]1(C)C2CC[C@@]2(C)C(c3ccoc3)OC(=O)C3O[C@]312. The minimum atomic E-state index is -0.812. The zero-order valence-electron chi connectivity index (χ0n) is 19.4. The van der Waals surface area contributed by atoms with Crippen molar-refractivity contribution in [3.8, 4) is 0 Å². The number of hydrogen-bond acceptors (Lipinski definition) is 6. The zero-order valence-corrected chi connectivity index (χ0v) is 19.4. The fourth-order valence-electron chi connectivity index (χ4n) is 8.86. The summed E-state index contributed by atoms with van der Waals surface area (Å²) in [6.07, 6.45) is 7.39. The van der Waals surface area contributed by atoms with Crippen LogP contribution in [0.25, 0.3) is 0 Å². The highest BCUT2D eigenvalue weighted by Gasteiger charge is 2.87. The molecule has 5 aliphatic rings. The van der Waals surface area contributed by atoms with Crippen LogP contribution in [-0.4, -0.2) is 34.7 Å². The minimum absolute atomic E-state index is 0.0266. The molecule has 6 heteroatoms. The van der Waals surface area contributed by atoms with Gasteiger partial charge in [-0.1, -0.05) is 40.7 Å². The van der Waals surface area contributed by atoms with E-state index >= 15 is 0 Å². The summed E-state index contributed by atoms with van der Waals surface area (Å²) in [5, 5.41) is 11.8. The van der Waals surface area contributed by atoms with Crippen LogP contribution < -0.4 is 0 Å². The molecule has 0 aromatic carbocycles. The van der Waals surface area contributed by atoms with E-state index in [1.165, 1.54) is 0 Å². The monoisotopic (exact) mass is 440 g/mol. The highest BCUT2D eigenvalue weighted by Crippen LogP contribution is 2.79. The average molecular weight is 441 g/mol. The first-order chi connectivity index (χ1) is 14.9. The number of allylic oxidation sites excluding steroid dienone is 2. The van der Waals surface area contributed by atoms with Gasteiger partial charge in [-0.25, -0.2) is 4.79 Å². The number of esters is 1. The van der Waals surface area contributed by atoms with E-state index in [1.807, 2.05) is 19.9 Å². The Morgan fingerprint density at radius 3 is 2.50 bits per heavy atom. The van der Waals surface area contributed by atoms with Gasteiger partial charge < -0.3 is 19.0 Å². The molecule has 1 spiro atoms. The Labute approximate surface area is 188 Å². The summed E-state index contributed by atoms with van der Waals surface area (Å²) in [5.41, 5.74) is -1.95. The summed E-state index contributed by atoms with van der Waals surface area (Å²) in [6.45, 7) is 10.5. The third-order valence-corrected chi connectivity index (χ3v) is 10.6. The van der Waals surface area contributed by atoms with Gasteiger partial charge in [0.05, 0.1) is 18.6 Å². The van der Waals surface area contributed by atoms with Crippen LogP contribution in [0.5, 0.6) is 0 Å². The topological polar surface area (TPSA) is 89.3 Å². The van der Waals surface area contributed by atoms with E-state index in [1.54, 1.807) is 18.6 Å². The van der Waals surface area contributed by atoms with E-state index < -0.39 is 40.2 Å². The highest BCUT2D eigenvalue weighted by molar-refractivity contribution is 5.95. The van der Waals surface area contributed by atoms with Crippen LogP contribution >= 0.6 is 0 Å². The Morgan fingerprint density at radius 1 is 1.06 bits per heavy atom. The number of rotatable bonds is 1. The standard InChI is InChI=1S/C26H32O6/c1-22(2)16-12-18(28)25(5)15(23(16,3)9-7-17(22)27)6-10-24(4)19(14-8-11-30-13-14)31-21(29)20-26(24,25)32-20/h7-9,11,13,15-16,18-20,28H,6,10,12H2,1-5H3/t15?,16?,18?,19?,20?,23-,24+,25+,26+/m1/s1. The fourth-order valence-corrected chi connectivity index (χ4v) is 8.86. The van der Waals surface area contributed by atoms with Gasteiger partial charge in [0.2, 0.25) is 0 Å². The summed E-state index contributed by atoms with van der Waals surface area (Å²) < 4.78 is 17.6. The molecule has 6 rings (SSSR count). The Kier molecular flexibility index (Phi) is 3.72. The van der Waals surface area contributed by atoms with Gasteiger partial charge in [-0.2, -0.15) is 0 Å². The lowest BCUT2D eigenvalue weighted by Crippen LogP contribution is -2.72. The third kappa shape index (κ3) is 1.98. The second-order valence-electron chi connectivity index (χ2n) is 12.0. The fraction of sp³-hybridized carbons (Fsp3) is 0.692. The van der Waals surface area contributed by atoms with Crippen LogP contribution in [0.2, 0.25) is 0 Å². The van der Waals surface area contributed by atoms with E-state index in [2.05, 4.69) is 26.8 Å². The molecule has 5 unspecified atom stereocenters. The number of cyclic esters (lactones) is 1. The first-order valence-corrected chi connectivity index (χ1v) is 11.8. The molecule has 1 N–H and O–H groups in total. The van der Waals surface area contributed by atoms with Crippen LogP contribution in [-0.2, 0) is 19.1 Å². The number of aliphatic hydroxyl groups excluding tert-OH is 1. The number of epoxide rings is 1. The van der Waals surface area contributed by atoms with Crippen molar-refractivity contribution in [2.45, 2.75) is 77.8 Å². The Balaban J connectivity index is 1.52. The summed E-state index contributed by atoms with van der Waals surface area (Å²) in [7, 11) is 0. The molecule has 32 heavy (non-hydrogen) atoms. The molecule has 2 aliphatic heterocycles. The highest BCUT2D eigenvalue weighted by atomic mass is 16.7. The van der Waals surface area contributed by atoms with Crippen LogP contribution in [0.3, 0.4) is 0 Å². The maximum Gasteiger partial charge on any atom is 0.339 e.